The predicted molar refractivity (Wildman–Crippen MR) is 68.5 cm³/mol. The first kappa shape index (κ1) is 13.6. The molecule has 0 radical (unpaired) electrons. The topological polar surface area (TPSA) is 84.2 Å². The summed E-state index contributed by atoms with van der Waals surface area (Å²) < 4.78 is 1.56. The molecule has 1 aromatic heterocycles. The minimum absolute atomic E-state index is 0.192. The van der Waals surface area contributed by atoms with Crippen LogP contribution in [0.1, 0.15) is 39.2 Å². The van der Waals surface area contributed by atoms with E-state index in [1.807, 2.05) is 0 Å². The minimum Gasteiger partial charge on any atom is -0.481 e. The van der Waals surface area contributed by atoms with Gasteiger partial charge in [-0.3, -0.25) is 14.3 Å². The number of aromatic nitrogens is 2. The summed E-state index contributed by atoms with van der Waals surface area (Å²) in [6.07, 6.45) is 5.46. The van der Waals surface area contributed by atoms with Crippen molar-refractivity contribution in [3.05, 3.63) is 18.5 Å². The molecule has 0 aliphatic heterocycles. The number of carbonyl (C=O) groups is 2. The molecule has 104 valence electrons. The first-order valence-electron chi connectivity index (χ1n) is 6.48. The highest BCUT2D eigenvalue weighted by molar-refractivity contribution is 5.82. The fourth-order valence-electron chi connectivity index (χ4n) is 2.58. The average molecular weight is 265 g/mol. The molecule has 0 saturated heterocycles. The average Bonchev–Trinajstić information content (AvgIpc) is 2.99. The van der Waals surface area contributed by atoms with Crippen LogP contribution in [0.25, 0.3) is 0 Å². The monoisotopic (exact) mass is 265 g/mol. The molecule has 0 bridgehead atoms. The number of nitrogens with one attached hydrogen (secondary N) is 1. The van der Waals surface area contributed by atoms with E-state index in [9.17, 15) is 14.7 Å². The molecule has 2 N–H and O–H groups in total. The molecule has 0 aromatic carbocycles. The van der Waals surface area contributed by atoms with Gasteiger partial charge in [0.1, 0.15) is 6.04 Å². The van der Waals surface area contributed by atoms with Gasteiger partial charge in [-0.1, -0.05) is 6.42 Å². The molecule has 1 aliphatic rings. The quantitative estimate of drug-likeness (QED) is 0.856. The number of hydrogen-bond acceptors (Lipinski definition) is 3. The van der Waals surface area contributed by atoms with E-state index < -0.39 is 17.4 Å². The Kier molecular flexibility index (Phi) is 3.59. The van der Waals surface area contributed by atoms with Crippen molar-refractivity contribution in [2.45, 2.75) is 45.2 Å². The van der Waals surface area contributed by atoms with Crippen LogP contribution in [0.5, 0.6) is 0 Å². The van der Waals surface area contributed by atoms with E-state index >= 15 is 0 Å². The summed E-state index contributed by atoms with van der Waals surface area (Å²) in [6, 6.07) is 1.00. The van der Waals surface area contributed by atoms with Gasteiger partial charge in [0.25, 0.3) is 0 Å². The molecule has 6 nitrogen and oxygen atoms in total. The fourth-order valence-corrected chi connectivity index (χ4v) is 2.58. The van der Waals surface area contributed by atoms with Gasteiger partial charge >= 0.3 is 5.97 Å². The fraction of sp³-hybridized carbons (Fsp3) is 0.615. The van der Waals surface area contributed by atoms with Crippen LogP contribution in [-0.2, 0) is 9.59 Å². The van der Waals surface area contributed by atoms with Gasteiger partial charge in [0.2, 0.25) is 5.91 Å². The van der Waals surface area contributed by atoms with Crippen LogP contribution in [0.4, 0.5) is 0 Å². The highest BCUT2D eigenvalue weighted by Crippen LogP contribution is 2.38. The first-order chi connectivity index (χ1) is 8.95. The summed E-state index contributed by atoms with van der Waals surface area (Å²) in [4.78, 5) is 23.5. The second-order valence-electron chi connectivity index (χ2n) is 5.34. The van der Waals surface area contributed by atoms with Gasteiger partial charge < -0.3 is 10.4 Å². The van der Waals surface area contributed by atoms with Crippen LogP contribution in [-0.4, -0.2) is 32.8 Å². The molecule has 1 saturated carbocycles. The molecule has 3 atom stereocenters. The molecular formula is C13H19N3O3. The molecule has 3 unspecified atom stereocenters. The van der Waals surface area contributed by atoms with Gasteiger partial charge in [-0.2, -0.15) is 5.10 Å². The molecular weight excluding hydrogens is 246 g/mol. The number of carboxylic acids is 1. The van der Waals surface area contributed by atoms with Gasteiger partial charge in [0.15, 0.2) is 0 Å². The Labute approximate surface area is 111 Å². The summed E-state index contributed by atoms with van der Waals surface area (Å²) in [5.74, 6) is -1.04. The smallest absolute Gasteiger partial charge is 0.311 e. The van der Waals surface area contributed by atoms with Crippen molar-refractivity contribution < 1.29 is 14.7 Å². The summed E-state index contributed by atoms with van der Waals surface area (Å²) in [5.41, 5.74) is -0.862. The van der Waals surface area contributed by atoms with Crippen molar-refractivity contribution in [1.29, 1.82) is 0 Å². The first-order valence-corrected chi connectivity index (χ1v) is 6.48. The second-order valence-corrected chi connectivity index (χ2v) is 5.34. The predicted octanol–water partition coefficient (Wildman–Crippen LogP) is 1.20. The van der Waals surface area contributed by atoms with Crippen LogP contribution < -0.4 is 5.32 Å². The molecule has 1 heterocycles. The number of aliphatic carboxylic acids is 1. The Hall–Kier alpha value is -1.85. The van der Waals surface area contributed by atoms with E-state index in [2.05, 4.69) is 10.4 Å². The maximum Gasteiger partial charge on any atom is 0.311 e. The molecule has 1 fully saturated rings. The molecule has 0 spiro atoms. The standard InChI is InChI=1S/C13H19N3O3/c1-9(16-8-4-7-14-16)11(17)15-10-5-3-6-13(10,2)12(18)19/h4,7-10H,3,5-6H2,1-2H3,(H,15,17)(H,18,19). The summed E-state index contributed by atoms with van der Waals surface area (Å²) in [7, 11) is 0. The maximum atomic E-state index is 12.1. The normalized spacial score (nSPS) is 28.0. The zero-order valence-electron chi connectivity index (χ0n) is 11.2. The van der Waals surface area contributed by atoms with E-state index in [1.54, 1.807) is 37.0 Å². The lowest BCUT2D eigenvalue weighted by atomic mass is 9.85. The summed E-state index contributed by atoms with van der Waals surface area (Å²) >= 11 is 0. The van der Waals surface area contributed by atoms with E-state index in [0.29, 0.717) is 12.8 Å². The van der Waals surface area contributed by atoms with Crippen LogP contribution in [0.15, 0.2) is 18.5 Å². The lowest BCUT2D eigenvalue weighted by Gasteiger charge is -2.28. The van der Waals surface area contributed by atoms with Gasteiger partial charge in [0, 0.05) is 18.4 Å². The summed E-state index contributed by atoms with van der Waals surface area (Å²) in [6.45, 7) is 3.45. The Morgan fingerprint density at radius 1 is 1.58 bits per heavy atom. The Balaban J connectivity index is 2.05. The Morgan fingerprint density at radius 3 is 2.89 bits per heavy atom. The molecule has 6 heteroatoms. The molecule has 1 amide bonds. The third kappa shape index (κ3) is 2.47. The van der Waals surface area contributed by atoms with Crippen LogP contribution in [0, 0.1) is 5.41 Å². The molecule has 19 heavy (non-hydrogen) atoms. The number of amides is 1. The van der Waals surface area contributed by atoms with Gasteiger partial charge in [0.05, 0.1) is 5.41 Å². The van der Waals surface area contributed by atoms with E-state index in [1.165, 1.54) is 0 Å². The van der Waals surface area contributed by atoms with Crippen LogP contribution >= 0.6 is 0 Å². The van der Waals surface area contributed by atoms with Crippen molar-refractivity contribution in [2.24, 2.45) is 5.41 Å². The van der Waals surface area contributed by atoms with Gasteiger partial charge in [-0.15, -0.1) is 0 Å². The highest BCUT2D eigenvalue weighted by atomic mass is 16.4. The maximum absolute atomic E-state index is 12.1. The van der Waals surface area contributed by atoms with Crippen molar-refractivity contribution in [3.63, 3.8) is 0 Å². The lowest BCUT2D eigenvalue weighted by Crippen LogP contribution is -2.48. The highest BCUT2D eigenvalue weighted by Gasteiger charge is 2.46. The zero-order chi connectivity index (χ0) is 14.0. The third-order valence-electron chi connectivity index (χ3n) is 4.06. The summed E-state index contributed by atoms with van der Waals surface area (Å²) in [5, 5.41) is 16.2. The molecule has 2 rings (SSSR count). The third-order valence-corrected chi connectivity index (χ3v) is 4.06. The van der Waals surface area contributed by atoms with E-state index in [4.69, 9.17) is 0 Å². The van der Waals surface area contributed by atoms with Crippen molar-refractivity contribution in [2.75, 3.05) is 0 Å². The van der Waals surface area contributed by atoms with Crippen molar-refractivity contribution >= 4 is 11.9 Å². The van der Waals surface area contributed by atoms with Crippen molar-refractivity contribution in [3.8, 4) is 0 Å². The number of carboxylic acid groups (broad SMARTS) is 1. The Bertz CT molecular complexity index is 471. The SMILES string of the molecule is CC(C(=O)NC1CCCC1(C)C(=O)O)n1cccn1. The zero-order valence-corrected chi connectivity index (χ0v) is 11.2. The van der Waals surface area contributed by atoms with Gasteiger partial charge in [-0.25, -0.2) is 0 Å². The molecule has 1 aromatic rings. The minimum atomic E-state index is -0.862. The lowest BCUT2D eigenvalue weighted by molar-refractivity contribution is -0.149. The number of rotatable bonds is 4. The number of hydrogen-bond donors (Lipinski definition) is 2. The number of carbonyl (C=O) groups excluding carboxylic acids is 1. The largest absolute Gasteiger partial charge is 0.481 e. The number of nitrogens with zero attached hydrogens (tertiary/aromatic N) is 2. The van der Waals surface area contributed by atoms with Crippen LogP contribution in [0.2, 0.25) is 0 Å². The van der Waals surface area contributed by atoms with Gasteiger partial charge in [-0.05, 0) is 32.8 Å². The Morgan fingerprint density at radius 2 is 2.32 bits per heavy atom. The van der Waals surface area contributed by atoms with E-state index in [0.717, 1.165) is 6.42 Å². The van der Waals surface area contributed by atoms with E-state index in [-0.39, 0.29) is 11.9 Å². The van der Waals surface area contributed by atoms with Crippen LogP contribution in [0.3, 0.4) is 0 Å². The van der Waals surface area contributed by atoms with Crippen molar-refractivity contribution in [1.82, 2.24) is 15.1 Å². The second kappa shape index (κ2) is 5.03. The molecule has 1 aliphatic carbocycles.